The van der Waals surface area contributed by atoms with Crippen molar-refractivity contribution in [3.8, 4) is 0 Å². The van der Waals surface area contributed by atoms with Crippen LogP contribution in [0, 0.1) is 23.5 Å². The van der Waals surface area contributed by atoms with Crippen molar-refractivity contribution in [2.45, 2.75) is 25.4 Å². The number of hydrogen-bond acceptors (Lipinski definition) is 3. The number of nitrogens with one attached hydrogen (secondary N) is 2. The highest BCUT2D eigenvalue weighted by Gasteiger charge is 2.42. The number of amides is 3. The molecule has 1 saturated carbocycles. The highest BCUT2D eigenvalue weighted by Crippen LogP contribution is 2.34. The van der Waals surface area contributed by atoms with E-state index in [1.807, 2.05) is 6.07 Å². The molecule has 8 heteroatoms. The van der Waals surface area contributed by atoms with Gasteiger partial charge in [0.1, 0.15) is 11.6 Å². The first-order chi connectivity index (χ1) is 14.9. The average molecular weight is 427 g/mol. The fourth-order valence-corrected chi connectivity index (χ4v) is 4.40. The molecule has 0 unspecified atom stereocenters. The maximum Gasteiger partial charge on any atom is 0.254 e. The highest BCUT2D eigenvalue weighted by molar-refractivity contribution is 5.96. The predicted molar refractivity (Wildman–Crippen MR) is 109 cm³/mol. The van der Waals surface area contributed by atoms with E-state index >= 15 is 0 Å². The molecular formula is C23H23F2N3O3. The van der Waals surface area contributed by atoms with Crippen molar-refractivity contribution in [1.29, 1.82) is 0 Å². The summed E-state index contributed by atoms with van der Waals surface area (Å²) in [4.78, 5) is 39.3. The van der Waals surface area contributed by atoms with Crippen LogP contribution >= 0.6 is 0 Å². The standard InChI is InChI=1S/C23H23F2N3O3/c24-18-7-6-15(19(25)10-18)11-26-22(30)16-8-17-12-28(13-21(29)27-20(17)9-16)23(31)14-4-2-1-3-5-14/h1-7,10,16-17,20H,8-9,11-13H2,(H,26,30)(H,27,29)/t16-,17+,20+/m0/s1. The van der Waals surface area contributed by atoms with Crippen LogP contribution in [0.1, 0.15) is 28.8 Å². The molecule has 4 rings (SSSR count). The Morgan fingerprint density at radius 2 is 1.87 bits per heavy atom. The van der Waals surface area contributed by atoms with Gasteiger partial charge in [-0.05, 0) is 37.0 Å². The first kappa shape index (κ1) is 21.0. The minimum Gasteiger partial charge on any atom is -0.352 e. The van der Waals surface area contributed by atoms with Crippen molar-refractivity contribution >= 4 is 17.7 Å². The highest BCUT2D eigenvalue weighted by atomic mass is 19.1. The van der Waals surface area contributed by atoms with Gasteiger partial charge in [0, 0.05) is 42.2 Å². The molecule has 2 aromatic rings. The number of rotatable bonds is 4. The number of carbonyl (C=O) groups excluding carboxylic acids is 3. The van der Waals surface area contributed by atoms with Gasteiger partial charge in [-0.2, -0.15) is 0 Å². The molecule has 2 fully saturated rings. The third-order valence-corrected chi connectivity index (χ3v) is 5.98. The molecule has 1 heterocycles. The molecule has 1 aliphatic carbocycles. The first-order valence-corrected chi connectivity index (χ1v) is 10.3. The van der Waals surface area contributed by atoms with E-state index in [9.17, 15) is 23.2 Å². The van der Waals surface area contributed by atoms with Crippen LogP contribution in [-0.4, -0.2) is 41.8 Å². The van der Waals surface area contributed by atoms with Crippen LogP contribution in [0.3, 0.4) is 0 Å². The summed E-state index contributed by atoms with van der Waals surface area (Å²) in [7, 11) is 0. The average Bonchev–Trinajstić information content (AvgIpc) is 3.07. The normalized spacial score (nSPS) is 23.0. The molecule has 1 aliphatic heterocycles. The molecule has 0 spiro atoms. The molecule has 2 aromatic carbocycles. The summed E-state index contributed by atoms with van der Waals surface area (Å²) in [5, 5.41) is 5.64. The fourth-order valence-electron chi connectivity index (χ4n) is 4.40. The van der Waals surface area contributed by atoms with Crippen LogP contribution in [0.4, 0.5) is 8.78 Å². The van der Waals surface area contributed by atoms with E-state index in [1.54, 1.807) is 24.3 Å². The van der Waals surface area contributed by atoms with Crippen LogP contribution in [0.25, 0.3) is 0 Å². The molecule has 2 aliphatic rings. The summed E-state index contributed by atoms with van der Waals surface area (Å²) in [5.74, 6) is -2.48. The van der Waals surface area contributed by atoms with Crippen LogP contribution in [-0.2, 0) is 16.1 Å². The van der Waals surface area contributed by atoms with E-state index in [2.05, 4.69) is 10.6 Å². The monoisotopic (exact) mass is 427 g/mol. The molecule has 0 radical (unpaired) electrons. The summed E-state index contributed by atoms with van der Waals surface area (Å²) in [5.41, 5.74) is 0.720. The second-order valence-electron chi connectivity index (χ2n) is 8.11. The lowest BCUT2D eigenvalue weighted by Crippen LogP contribution is -2.39. The van der Waals surface area contributed by atoms with Crippen molar-refractivity contribution in [1.82, 2.24) is 15.5 Å². The third-order valence-electron chi connectivity index (χ3n) is 5.98. The lowest BCUT2D eigenvalue weighted by molar-refractivity contribution is -0.126. The lowest BCUT2D eigenvalue weighted by Gasteiger charge is -2.23. The van der Waals surface area contributed by atoms with Gasteiger partial charge in [-0.25, -0.2) is 8.78 Å². The molecule has 3 atom stereocenters. The van der Waals surface area contributed by atoms with E-state index < -0.39 is 11.6 Å². The van der Waals surface area contributed by atoms with Gasteiger partial charge in [-0.1, -0.05) is 24.3 Å². The van der Waals surface area contributed by atoms with Gasteiger partial charge in [-0.15, -0.1) is 0 Å². The third kappa shape index (κ3) is 4.73. The molecule has 0 aromatic heterocycles. The molecule has 31 heavy (non-hydrogen) atoms. The number of hydrogen-bond donors (Lipinski definition) is 2. The number of fused-ring (bicyclic) bond motifs is 1. The van der Waals surface area contributed by atoms with Gasteiger partial charge in [0.2, 0.25) is 11.8 Å². The van der Waals surface area contributed by atoms with Crippen molar-refractivity contribution in [3.63, 3.8) is 0 Å². The second-order valence-corrected chi connectivity index (χ2v) is 8.11. The zero-order valence-electron chi connectivity index (χ0n) is 16.8. The van der Waals surface area contributed by atoms with E-state index in [1.165, 1.54) is 11.0 Å². The molecule has 162 valence electrons. The summed E-state index contributed by atoms with van der Waals surface area (Å²) >= 11 is 0. The minimum atomic E-state index is -0.709. The Morgan fingerprint density at radius 1 is 1.10 bits per heavy atom. The Labute approximate surface area is 178 Å². The number of benzene rings is 2. The fraction of sp³-hybridized carbons (Fsp3) is 0.348. The topological polar surface area (TPSA) is 78.5 Å². The number of nitrogens with zero attached hydrogens (tertiary/aromatic N) is 1. The Bertz CT molecular complexity index is 999. The van der Waals surface area contributed by atoms with E-state index in [0.717, 1.165) is 12.1 Å². The van der Waals surface area contributed by atoms with Crippen molar-refractivity contribution in [2.24, 2.45) is 11.8 Å². The summed E-state index contributed by atoms with van der Waals surface area (Å²) < 4.78 is 26.8. The van der Waals surface area contributed by atoms with Gasteiger partial charge in [0.05, 0.1) is 6.54 Å². The van der Waals surface area contributed by atoms with Gasteiger partial charge in [-0.3, -0.25) is 14.4 Å². The second kappa shape index (κ2) is 8.83. The molecule has 3 amide bonds. The van der Waals surface area contributed by atoms with Crippen LogP contribution < -0.4 is 10.6 Å². The summed E-state index contributed by atoms with van der Waals surface area (Å²) in [6.07, 6.45) is 0.975. The van der Waals surface area contributed by atoms with Crippen LogP contribution in [0.5, 0.6) is 0 Å². The van der Waals surface area contributed by atoms with Crippen LogP contribution in [0.2, 0.25) is 0 Å². The first-order valence-electron chi connectivity index (χ1n) is 10.3. The zero-order valence-corrected chi connectivity index (χ0v) is 16.8. The molecule has 0 bridgehead atoms. The van der Waals surface area contributed by atoms with Gasteiger partial charge in [0.15, 0.2) is 0 Å². The van der Waals surface area contributed by atoms with Crippen LogP contribution in [0.15, 0.2) is 48.5 Å². The minimum absolute atomic E-state index is 0.0125. The van der Waals surface area contributed by atoms with E-state index in [0.29, 0.717) is 24.9 Å². The molecular weight excluding hydrogens is 404 g/mol. The Kier molecular flexibility index (Phi) is 5.97. The molecule has 1 saturated heterocycles. The molecule has 6 nitrogen and oxygen atoms in total. The SMILES string of the molecule is O=C1CN(C(=O)c2ccccc2)C[C@H]2C[C@H](C(=O)NCc3ccc(F)cc3F)C[C@H]2N1. The van der Waals surface area contributed by atoms with Crippen molar-refractivity contribution in [3.05, 3.63) is 71.3 Å². The number of carbonyl (C=O) groups is 3. The van der Waals surface area contributed by atoms with Crippen molar-refractivity contribution in [2.75, 3.05) is 13.1 Å². The Hall–Kier alpha value is -3.29. The molecule has 2 N–H and O–H groups in total. The zero-order chi connectivity index (χ0) is 22.0. The van der Waals surface area contributed by atoms with E-state index in [-0.39, 0.29) is 54.3 Å². The maximum absolute atomic E-state index is 13.8. The lowest BCUT2D eigenvalue weighted by atomic mass is 10.0. The Morgan fingerprint density at radius 3 is 2.61 bits per heavy atom. The van der Waals surface area contributed by atoms with Gasteiger partial charge < -0.3 is 15.5 Å². The van der Waals surface area contributed by atoms with E-state index in [4.69, 9.17) is 0 Å². The summed E-state index contributed by atoms with van der Waals surface area (Å²) in [6.45, 7) is 0.330. The predicted octanol–water partition coefficient (Wildman–Crippen LogP) is 2.25. The largest absolute Gasteiger partial charge is 0.352 e. The summed E-state index contributed by atoms with van der Waals surface area (Å²) in [6, 6.07) is 11.8. The van der Waals surface area contributed by atoms with Crippen molar-refractivity contribution < 1.29 is 23.2 Å². The smallest absolute Gasteiger partial charge is 0.254 e. The quantitative estimate of drug-likeness (QED) is 0.786. The van der Waals surface area contributed by atoms with Gasteiger partial charge in [0.25, 0.3) is 5.91 Å². The Balaban J connectivity index is 1.39. The number of halogens is 2. The maximum atomic E-state index is 13.8. The van der Waals surface area contributed by atoms with Gasteiger partial charge >= 0.3 is 0 Å².